The molecule has 3 nitrogen and oxygen atoms in total. The lowest BCUT2D eigenvalue weighted by Crippen LogP contribution is -2.14. The first-order valence-electron chi connectivity index (χ1n) is 6.84. The first-order chi connectivity index (χ1) is 10.1. The first-order valence-corrected chi connectivity index (χ1v) is 8.00. The summed E-state index contributed by atoms with van der Waals surface area (Å²) in [5.74, 6) is 1.27. The summed E-state index contributed by atoms with van der Waals surface area (Å²) >= 11 is 1.61. The Morgan fingerprint density at radius 3 is 2.62 bits per heavy atom. The van der Waals surface area contributed by atoms with Crippen molar-refractivity contribution in [3.8, 4) is 0 Å². The summed E-state index contributed by atoms with van der Waals surface area (Å²) in [5.41, 5.74) is 10.8. The zero-order valence-electron chi connectivity index (χ0n) is 12.3. The van der Waals surface area contributed by atoms with Crippen molar-refractivity contribution in [2.45, 2.75) is 19.6 Å². The number of anilines is 2. The monoisotopic (exact) mass is 300 g/mol. The van der Waals surface area contributed by atoms with Crippen LogP contribution in [0.15, 0.2) is 42.5 Å². The Morgan fingerprint density at radius 2 is 1.90 bits per heavy atom. The molecule has 0 aliphatic rings. The fourth-order valence-corrected chi connectivity index (χ4v) is 2.84. The standard InChI is InChI=1S/C17H20N2OS/c1-12-5-3-4-6-14(12)10-21-11-17(20)19-15-8-7-13(2)16(18)9-15/h3-9H,10-11,18H2,1-2H3,(H,19,20). The van der Waals surface area contributed by atoms with Crippen molar-refractivity contribution in [3.63, 3.8) is 0 Å². The van der Waals surface area contributed by atoms with Crippen LogP contribution in [0.25, 0.3) is 0 Å². The highest BCUT2D eigenvalue weighted by Gasteiger charge is 2.05. The van der Waals surface area contributed by atoms with E-state index in [1.807, 2.05) is 31.2 Å². The van der Waals surface area contributed by atoms with Gasteiger partial charge in [-0.25, -0.2) is 0 Å². The molecule has 2 aromatic carbocycles. The van der Waals surface area contributed by atoms with Crippen molar-refractivity contribution >= 4 is 29.0 Å². The second-order valence-corrected chi connectivity index (χ2v) is 6.02. The molecule has 0 radical (unpaired) electrons. The van der Waals surface area contributed by atoms with Crippen LogP contribution < -0.4 is 11.1 Å². The maximum absolute atomic E-state index is 11.9. The van der Waals surface area contributed by atoms with Crippen LogP contribution in [0.3, 0.4) is 0 Å². The topological polar surface area (TPSA) is 55.1 Å². The van der Waals surface area contributed by atoms with Gasteiger partial charge in [-0.2, -0.15) is 0 Å². The van der Waals surface area contributed by atoms with Gasteiger partial charge in [0.15, 0.2) is 0 Å². The van der Waals surface area contributed by atoms with Gasteiger partial charge in [0.25, 0.3) is 0 Å². The van der Waals surface area contributed by atoms with E-state index in [9.17, 15) is 4.79 Å². The van der Waals surface area contributed by atoms with Crippen LogP contribution in [0, 0.1) is 13.8 Å². The average Bonchev–Trinajstić information content (AvgIpc) is 2.45. The van der Waals surface area contributed by atoms with Gasteiger partial charge in [0.2, 0.25) is 5.91 Å². The van der Waals surface area contributed by atoms with E-state index in [1.165, 1.54) is 11.1 Å². The van der Waals surface area contributed by atoms with Crippen LogP contribution in [-0.4, -0.2) is 11.7 Å². The lowest BCUT2D eigenvalue weighted by Gasteiger charge is -2.08. The lowest BCUT2D eigenvalue weighted by molar-refractivity contribution is -0.113. The molecule has 0 heterocycles. The molecule has 2 aromatic rings. The fourth-order valence-electron chi connectivity index (χ4n) is 1.94. The van der Waals surface area contributed by atoms with Crippen molar-refractivity contribution in [1.82, 2.24) is 0 Å². The number of nitrogens with two attached hydrogens (primary N) is 1. The zero-order valence-corrected chi connectivity index (χ0v) is 13.2. The maximum atomic E-state index is 11.9. The Balaban J connectivity index is 1.82. The molecule has 4 heteroatoms. The Kier molecular flexibility index (Phi) is 5.28. The number of carbonyl (C=O) groups excluding carboxylic acids is 1. The normalized spacial score (nSPS) is 10.4. The molecule has 0 fully saturated rings. The van der Waals surface area contributed by atoms with Crippen molar-refractivity contribution in [1.29, 1.82) is 0 Å². The number of benzene rings is 2. The van der Waals surface area contributed by atoms with E-state index in [0.29, 0.717) is 11.4 Å². The third kappa shape index (κ3) is 4.53. The summed E-state index contributed by atoms with van der Waals surface area (Å²) in [6.07, 6.45) is 0. The molecule has 1 amide bonds. The van der Waals surface area contributed by atoms with Gasteiger partial charge in [0, 0.05) is 17.1 Å². The summed E-state index contributed by atoms with van der Waals surface area (Å²) < 4.78 is 0. The number of amides is 1. The van der Waals surface area contributed by atoms with E-state index in [4.69, 9.17) is 5.73 Å². The smallest absolute Gasteiger partial charge is 0.234 e. The number of aryl methyl sites for hydroxylation is 2. The number of nitrogen functional groups attached to an aromatic ring is 1. The van der Waals surface area contributed by atoms with Crippen LogP contribution in [0.4, 0.5) is 11.4 Å². The SMILES string of the molecule is Cc1ccc(NC(=O)CSCc2ccccc2C)cc1N. The van der Waals surface area contributed by atoms with Gasteiger partial charge in [-0.15, -0.1) is 11.8 Å². The highest BCUT2D eigenvalue weighted by molar-refractivity contribution is 7.99. The minimum atomic E-state index is -0.00293. The molecule has 110 valence electrons. The highest BCUT2D eigenvalue weighted by atomic mass is 32.2. The molecule has 0 saturated carbocycles. The predicted octanol–water partition coefficient (Wildman–Crippen LogP) is 3.76. The molecule has 3 N–H and O–H groups in total. The van der Waals surface area contributed by atoms with Crippen LogP contribution >= 0.6 is 11.8 Å². The first kappa shape index (κ1) is 15.4. The molecule has 0 saturated heterocycles. The van der Waals surface area contributed by atoms with Gasteiger partial charge >= 0.3 is 0 Å². The van der Waals surface area contributed by atoms with Gasteiger partial charge < -0.3 is 11.1 Å². The second-order valence-electron chi connectivity index (χ2n) is 5.04. The van der Waals surface area contributed by atoms with Crippen LogP contribution in [0.1, 0.15) is 16.7 Å². The van der Waals surface area contributed by atoms with E-state index < -0.39 is 0 Å². The molecule has 0 bridgehead atoms. The van der Waals surface area contributed by atoms with Crippen LogP contribution in [0.5, 0.6) is 0 Å². The third-order valence-corrected chi connectivity index (χ3v) is 4.30. The number of rotatable bonds is 5. The Morgan fingerprint density at radius 1 is 1.14 bits per heavy atom. The number of hydrogen-bond acceptors (Lipinski definition) is 3. The molecule has 21 heavy (non-hydrogen) atoms. The summed E-state index contributed by atoms with van der Waals surface area (Å²) in [5, 5.41) is 2.87. The van der Waals surface area contributed by atoms with Gasteiger partial charge in [0.1, 0.15) is 0 Å². The second kappa shape index (κ2) is 7.18. The highest BCUT2D eigenvalue weighted by Crippen LogP contribution is 2.18. The predicted molar refractivity (Wildman–Crippen MR) is 91.6 cm³/mol. The minimum Gasteiger partial charge on any atom is -0.398 e. The van der Waals surface area contributed by atoms with E-state index in [0.717, 1.165) is 17.0 Å². The maximum Gasteiger partial charge on any atom is 0.234 e. The van der Waals surface area contributed by atoms with Gasteiger partial charge in [-0.1, -0.05) is 30.3 Å². The van der Waals surface area contributed by atoms with Gasteiger partial charge in [0.05, 0.1) is 5.75 Å². The van der Waals surface area contributed by atoms with Crippen molar-refractivity contribution < 1.29 is 4.79 Å². The molecular formula is C17H20N2OS. The Bertz CT molecular complexity index is 640. The number of nitrogens with one attached hydrogen (secondary N) is 1. The molecule has 0 unspecified atom stereocenters. The summed E-state index contributed by atoms with van der Waals surface area (Å²) in [6, 6.07) is 13.8. The van der Waals surface area contributed by atoms with E-state index >= 15 is 0 Å². The molecule has 0 aromatic heterocycles. The van der Waals surface area contributed by atoms with Crippen molar-refractivity contribution in [2.75, 3.05) is 16.8 Å². The number of hydrogen-bond donors (Lipinski definition) is 2. The number of thioether (sulfide) groups is 1. The third-order valence-electron chi connectivity index (χ3n) is 3.31. The molecule has 0 spiro atoms. The van der Waals surface area contributed by atoms with E-state index in [1.54, 1.807) is 17.8 Å². The Hall–Kier alpha value is -1.94. The largest absolute Gasteiger partial charge is 0.398 e. The average molecular weight is 300 g/mol. The van der Waals surface area contributed by atoms with Crippen LogP contribution in [0.2, 0.25) is 0 Å². The van der Waals surface area contributed by atoms with Crippen molar-refractivity contribution in [2.24, 2.45) is 0 Å². The van der Waals surface area contributed by atoms with Crippen molar-refractivity contribution in [3.05, 3.63) is 59.2 Å². The molecule has 0 aliphatic heterocycles. The quantitative estimate of drug-likeness (QED) is 0.827. The number of carbonyl (C=O) groups is 1. The summed E-state index contributed by atoms with van der Waals surface area (Å²) in [6.45, 7) is 4.03. The molecular weight excluding hydrogens is 280 g/mol. The fraction of sp³-hybridized carbons (Fsp3) is 0.235. The zero-order chi connectivity index (χ0) is 15.2. The summed E-state index contributed by atoms with van der Waals surface area (Å²) in [4.78, 5) is 11.9. The minimum absolute atomic E-state index is 0.00293. The van der Waals surface area contributed by atoms with E-state index in [-0.39, 0.29) is 5.91 Å². The van der Waals surface area contributed by atoms with Gasteiger partial charge in [-0.3, -0.25) is 4.79 Å². The Labute approximate surface area is 129 Å². The van der Waals surface area contributed by atoms with E-state index in [2.05, 4.69) is 24.4 Å². The lowest BCUT2D eigenvalue weighted by atomic mass is 10.1. The summed E-state index contributed by atoms with van der Waals surface area (Å²) in [7, 11) is 0. The molecule has 0 atom stereocenters. The molecule has 2 rings (SSSR count). The molecule has 0 aliphatic carbocycles. The van der Waals surface area contributed by atoms with Crippen LogP contribution in [-0.2, 0) is 10.5 Å². The van der Waals surface area contributed by atoms with Gasteiger partial charge in [-0.05, 0) is 42.7 Å².